The molecule has 238 valence electrons. The minimum absolute atomic E-state index is 0.0358. The molecule has 0 heterocycles. The summed E-state index contributed by atoms with van der Waals surface area (Å²) in [5, 5.41) is 22.4. The number of phenols is 2. The first kappa shape index (κ1) is 36.2. The minimum Gasteiger partial charge on any atom is -0.508 e. The summed E-state index contributed by atoms with van der Waals surface area (Å²) < 4.78 is 0. The van der Waals surface area contributed by atoms with Gasteiger partial charge < -0.3 is 10.2 Å². The molecule has 2 rings (SSSR count). The Hall–Kier alpha value is -1.96. The van der Waals surface area contributed by atoms with E-state index in [2.05, 4.69) is 32.9 Å². The maximum absolute atomic E-state index is 11.2. The number of hydrogen-bond acceptors (Lipinski definition) is 2. The van der Waals surface area contributed by atoms with Crippen LogP contribution >= 0.6 is 0 Å². The number of aryl methyl sites for hydroxylation is 2. The highest BCUT2D eigenvalue weighted by Gasteiger charge is 2.25. The Morgan fingerprint density at radius 2 is 0.762 bits per heavy atom. The van der Waals surface area contributed by atoms with Gasteiger partial charge in [-0.1, -0.05) is 167 Å². The van der Waals surface area contributed by atoms with Crippen molar-refractivity contribution in [3.8, 4) is 11.5 Å². The van der Waals surface area contributed by atoms with E-state index in [1.165, 1.54) is 127 Å². The average Bonchev–Trinajstić information content (AvgIpc) is 2.98. The molecular weight excluding hydrogens is 512 g/mol. The number of aromatic hydroxyl groups is 2. The summed E-state index contributed by atoms with van der Waals surface area (Å²) in [6.45, 7) is 6.78. The molecular formula is C40H66O2. The zero-order chi connectivity index (χ0) is 30.3. The van der Waals surface area contributed by atoms with Gasteiger partial charge in [0.2, 0.25) is 0 Å². The van der Waals surface area contributed by atoms with Gasteiger partial charge in [-0.3, -0.25) is 0 Å². The average molecular weight is 579 g/mol. The van der Waals surface area contributed by atoms with Crippen molar-refractivity contribution in [2.45, 2.75) is 181 Å². The van der Waals surface area contributed by atoms with Crippen molar-refractivity contribution in [2.75, 3.05) is 0 Å². The molecule has 0 aliphatic rings. The van der Waals surface area contributed by atoms with Gasteiger partial charge in [0.1, 0.15) is 11.5 Å². The Labute approximate surface area is 260 Å². The predicted molar refractivity (Wildman–Crippen MR) is 184 cm³/mol. The van der Waals surface area contributed by atoms with E-state index in [1.54, 1.807) is 0 Å². The third-order valence-corrected chi connectivity index (χ3v) is 9.22. The molecule has 0 radical (unpaired) electrons. The van der Waals surface area contributed by atoms with Crippen molar-refractivity contribution < 1.29 is 10.2 Å². The van der Waals surface area contributed by atoms with Crippen molar-refractivity contribution in [2.24, 2.45) is 0 Å². The van der Waals surface area contributed by atoms with E-state index in [-0.39, 0.29) is 5.92 Å². The standard InChI is InChI=1S/C40H66O2/c1-4-7-9-11-13-15-17-19-21-23-28-34-30-25-32-37(41)39(34)36(27-6-3)40-35(31-26-33-38(40)42)29-24-22-20-18-16-14-12-10-8-5-2/h25-26,30-33,36,41-42H,4-24,27-29H2,1-3H3. The van der Waals surface area contributed by atoms with Gasteiger partial charge >= 0.3 is 0 Å². The highest BCUT2D eigenvalue weighted by Crippen LogP contribution is 2.43. The van der Waals surface area contributed by atoms with Gasteiger partial charge in [-0.25, -0.2) is 0 Å². The summed E-state index contributed by atoms with van der Waals surface area (Å²) in [7, 11) is 0. The molecule has 0 bridgehead atoms. The van der Waals surface area contributed by atoms with E-state index >= 15 is 0 Å². The Kier molecular flexibility index (Phi) is 20.3. The van der Waals surface area contributed by atoms with Crippen LogP contribution in [0.2, 0.25) is 0 Å². The maximum atomic E-state index is 11.2. The van der Waals surface area contributed by atoms with Gasteiger partial charge in [0, 0.05) is 17.0 Å². The van der Waals surface area contributed by atoms with Crippen molar-refractivity contribution in [3.63, 3.8) is 0 Å². The van der Waals surface area contributed by atoms with Gasteiger partial charge in [0.15, 0.2) is 0 Å². The summed E-state index contributed by atoms with van der Waals surface area (Å²) in [4.78, 5) is 0. The molecule has 0 aromatic heterocycles. The summed E-state index contributed by atoms with van der Waals surface area (Å²) in [6.07, 6.45) is 30.6. The Morgan fingerprint density at radius 3 is 1.10 bits per heavy atom. The molecule has 2 nitrogen and oxygen atoms in total. The molecule has 0 fully saturated rings. The zero-order valence-electron chi connectivity index (χ0n) is 27.9. The molecule has 2 heteroatoms. The maximum Gasteiger partial charge on any atom is 0.119 e. The van der Waals surface area contributed by atoms with Crippen LogP contribution in [0.5, 0.6) is 11.5 Å². The Bertz CT molecular complexity index is 860. The molecule has 0 aliphatic heterocycles. The molecule has 2 N–H and O–H groups in total. The first-order valence-corrected chi connectivity index (χ1v) is 18.2. The van der Waals surface area contributed by atoms with Gasteiger partial charge in [-0.15, -0.1) is 0 Å². The minimum atomic E-state index is 0.0358. The SMILES string of the molecule is CCCCCCCCCCCCc1cccc(O)c1C(CCC)c1c(O)cccc1CCCCCCCCCCCC. The molecule has 2 aromatic carbocycles. The molecule has 0 amide bonds. The first-order valence-electron chi connectivity index (χ1n) is 18.2. The second-order valence-electron chi connectivity index (χ2n) is 12.9. The van der Waals surface area contributed by atoms with E-state index in [9.17, 15) is 10.2 Å². The van der Waals surface area contributed by atoms with Crippen LogP contribution < -0.4 is 0 Å². The third-order valence-electron chi connectivity index (χ3n) is 9.22. The van der Waals surface area contributed by atoms with Crippen LogP contribution in [-0.2, 0) is 12.8 Å². The lowest BCUT2D eigenvalue weighted by Gasteiger charge is -2.25. The van der Waals surface area contributed by atoms with Crippen molar-refractivity contribution in [3.05, 3.63) is 58.7 Å². The second-order valence-corrected chi connectivity index (χ2v) is 12.9. The molecule has 0 spiro atoms. The quantitative estimate of drug-likeness (QED) is 0.109. The second kappa shape index (κ2) is 23.5. The monoisotopic (exact) mass is 579 g/mol. The molecule has 2 aromatic rings. The molecule has 0 saturated heterocycles. The summed E-state index contributed by atoms with van der Waals surface area (Å²) in [6, 6.07) is 12.1. The molecule has 0 saturated carbocycles. The first-order chi connectivity index (χ1) is 20.6. The van der Waals surface area contributed by atoms with Gasteiger partial charge in [-0.2, -0.15) is 0 Å². The summed E-state index contributed by atoms with van der Waals surface area (Å²) in [5.74, 6) is 0.825. The lowest BCUT2D eigenvalue weighted by Crippen LogP contribution is -2.09. The van der Waals surface area contributed by atoms with Crippen LogP contribution in [0.25, 0.3) is 0 Å². The fourth-order valence-electron chi connectivity index (χ4n) is 6.77. The number of unbranched alkanes of at least 4 members (excludes halogenated alkanes) is 18. The summed E-state index contributed by atoms with van der Waals surface area (Å²) in [5.41, 5.74) is 4.64. The van der Waals surface area contributed by atoms with Crippen LogP contribution in [0.3, 0.4) is 0 Å². The Morgan fingerprint density at radius 1 is 0.429 bits per heavy atom. The van der Waals surface area contributed by atoms with Gasteiger partial charge in [0.25, 0.3) is 0 Å². The fraction of sp³-hybridized carbons (Fsp3) is 0.700. The van der Waals surface area contributed by atoms with Crippen LogP contribution in [0.15, 0.2) is 36.4 Å². The lowest BCUT2D eigenvalue weighted by atomic mass is 9.80. The van der Waals surface area contributed by atoms with E-state index in [1.807, 2.05) is 24.3 Å². The highest BCUT2D eigenvalue weighted by atomic mass is 16.3. The Balaban J connectivity index is 1.97. The number of rotatable bonds is 26. The smallest absolute Gasteiger partial charge is 0.119 e. The number of phenolic OH excluding ortho intramolecular Hbond substituents is 2. The van der Waals surface area contributed by atoms with Crippen LogP contribution in [-0.4, -0.2) is 10.2 Å². The van der Waals surface area contributed by atoms with Crippen LogP contribution in [0.4, 0.5) is 0 Å². The van der Waals surface area contributed by atoms with Crippen molar-refractivity contribution >= 4 is 0 Å². The van der Waals surface area contributed by atoms with E-state index < -0.39 is 0 Å². The predicted octanol–water partition coefficient (Wildman–Crippen LogP) is 13.0. The van der Waals surface area contributed by atoms with Crippen molar-refractivity contribution in [1.82, 2.24) is 0 Å². The normalized spacial score (nSPS) is 11.5. The lowest BCUT2D eigenvalue weighted by molar-refractivity contribution is 0.447. The molecule has 42 heavy (non-hydrogen) atoms. The van der Waals surface area contributed by atoms with E-state index in [0.29, 0.717) is 11.5 Å². The van der Waals surface area contributed by atoms with E-state index in [0.717, 1.165) is 49.7 Å². The van der Waals surface area contributed by atoms with Crippen LogP contribution in [0.1, 0.15) is 190 Å². The number of hydrogen-bond donors (Lipinski definition) is 2. The molecule has 0 aliphatic carbocycles. The molecule has 0 atom stereocenters. The van der Waals surface area contributed by atoms with Gasteiger partial charge in [-0.05, 0) is 55.4 Å². The fourth-order valence-corrected chi connectivity index (χ4v) is 6.77. The zero-order valence-corrected chi connectivity index (χ0v) is 27.9. The van der Waals surface area contributed by atoms with Gasteiger partial charge in [0.05, 0.1) is 0 Å². The van der Waals surface area contributed by atoms with Crippen LogP contribution in [0, 0.1) is 0 Å². The van der Waals surface area contributed by atoms with E-state index in [4.69, 9.17) is 0 Å². The third kappa shape index (κ3) is 14.0. The molecule has 0 unspecified atom stereocenters. The van der Waals surface area contributed by atoms with Crippen molar-refractivity contribution in [1.29, 1.82) is 0 Å². The largest absolute Gasteiger partial charge is 0.508 e. The summed E-state index contributed by atoms with van der Waals surface area (Å²) >= 11 is 0. The number of benzene rings is 2. The highest BCUT2D eigenvalue weighted by molar-refractivity contribution is 5.52. The topological polar surface area (TPSA) is 40.5 Å².